The third kappa shape index (κ3) is 10.6. The number of aliphatic carboxylic acids is 2. The number of carboxylic acids is 2. The molecular formula is C42H47N4O11-. The van der Waals surface area contributed by atoms with E-state index in [1.165, 1.54) is 4.90 Å². The van der Waals surface area contributed by atoms with Crippen LogP contribution in [-0.4, -0.2) is 105 Å². The topological polar surface area (TPSA) is 196 Å². The van der Waals surface area contributed by atoms with Gasteiger partial charge in [0, 0.05) is 65.4 Å². The summed E-state index contributed by atoms with van der Waals surface area (Å²) in [5, 5.41) is 27.4. The number of ether oxygens (including phenoxy) is 4. The van der Waals surface area contributed by atoms with Crippen LogP contribution in [0.15, 0.2) is 66.7 Å². The van der Waals surface area contributed by atoms with Crippen molar-refractivity contribution in [2.75, 3.05) is 76.0 Å². The van der Waals surface area contributed by atoms with Crippen LogP contribution in [0.4, 0.5) is 11.4 Å². The maximum Gasteiger partial charge on any atom is 0.329 e. The Hall–Kier alpha value is -6.19. The van der Waals surface area contributed by atoms with Crippen molar-refractivity contribution >= 4 is 51.8 Å². The van der Waals surface area contributed by atoms with Crippen LogP contribution in [0.25, 0.3) is 10.8 Å². The first kappa shape index (κ1) is 42.0. The molecule has 15 nitrogen and oxygen atoms in total. The van der Waals surface area contributed by atoms with Gasteiger partial charge in [-0.1, -0.05) is 24.3 Å². The Balaban J connectivity index is 1.34. The maximum atomic E-state index is 13.8. The average Bonchev–Trinajstić information content (AvgIpc) is 3.19. The molecule has 0 unspecified atom stereocenters. The van der Waals surface area contributed by atoms with Crippen LogP contribution < -0.4 is 30.1 Å². The Morgan fingerprint density at radius 1 is 0.825 bits per heavy atom. The highest BCUT2D eigenvalue weighted by atomic mass is 16.5. The molecule has 4 aromatic carbocycles. The van der Waals surface area contributed by atoms with Crippen LogP contribution in [0, 0.1) is 0 Å². The largest absolute Gasteiger partial charge is 0.548 e. The number of rotatable bonds is 23. The van der Waals surface area contributed by atoms with Gasteiger partial charge in [-0.25, -0.2) is 4.79 Å². The SMILES string of the molecule is CCNC(=O)c1ccc(CN2C(=O)c3cccc4c(NCCc5cc(OCC)c(N(CCOCC(=O)[O-])CCOCC(=O)O)cc5OCC)ccc(c34)C2=O)cc1. The number of nitrogens with one attached hydrogen (secondary N) is 2. The minimum Gasteiger partial charge on any atom is -0.548 e. The number of anilines is 2. The van der Waals surface area contributed by atoms with Crippen molar-refractivity contribution in [1.82, 2.24) is 10.2 Å². The molecule has 1 aliphatic rings. The third-order valence-corrected chi connectivity index (χ3v) is 9.13. The van der Waals surface area contributed by atoms with Crippen molar-refractivity contribution in [2.45, 2.75) is 33.7 Å². The molecule has 0 saturated heterocycles. The molecule has 57 heavy (non-hydrogen) atoms. The number of carbonyl (C=O) groups is 5. The summed E-state index contributed by atoms with van der Waals surface area (Å²) in [5.74, 6) is -2.30. The summed E-state index contributed by atoms with van der Waals surface area (Å²) in [4.78, 5) is 64.7. The van der Waals surface area contributed by atoms with Gasteiger partial charge in [0.1, 0.15) is 18.1 Å². The van der Waals surface area contributed by atoms with Gasteiger partial charge in [-0.2, -0.15) is 0 Å². The summed E-state index contributed by atoms with van der Waals surface area (Å²) < 4.78 is 22.6. The minimum absolute atomic E-state index is 0.0477. The monoisotopic (exact) mass is 783 g/mol. The highest BCUT2D eigenvalue weighted by molar-refractivity contribution is 6.26. The Labute approximate surface area is 330 Å². The van der Waals surface area contributed by atoms with Crippen LogP contribution in [0.1, 0.15) is 63.0 Å². The number of hydrogen-bond acceptors (Lipinski definition) is 12. The number of nitrogens with zero attached hydrogens (tertiary/aromatic N) is 2. The molecule has 0 aromatic heterocycles. The average molecular weight is 784 g/mol. The zero-order chi connectivity index (χ0) is 40.9. The Kier molecular flexibility index (Phi) is 14.8. The van der Waals surface area contributed by atoms with Crippen LogP contribution in [0.3, 0.4) is 0 Å². The van der Waals surface area contributed by atoms with Crippen molar-refractivity contribution in [1.29, 1.82) is 0 Å². The fourth-order valence-corrected chi connectivity index (χ4v) is 6.59. The van der Waals surface area contributed by atoms with Crippen molar-refractivity contribution < 1.29 is 53.1 Å². The molecule has 302 valence electrons. The molecule has 15 heteroatoms. The van der Waals surface area contributed by atoms with Crippen molar-refractivity contribution in [3.8, 4) is 11.5 Å². The second kappa shape index (κ2) is 20.1. The molecule has 0 atom stereocenters. The first-order chi connectivity index (χ1) is 27.6. The zero-order valence-electron chi connectivity index (χ0n) is 32.3. The van der Waals surface area contributed by atoms with Crippen LogP contribution in [0.5, 0.6) is 11.5 Å². The van der Waals surface area contributed by atoms with Gasteiger partial charge in [0.15, 0.2) is 0 Å². The predicted octanol–water partition coefficient (Wildman–Crippen LogP) is 3.51. The molecule has 0 radical (unpaired) electrons. The molecule has 0 aliphatic carbocycles. The van der Waals surface area contributed by atoms with E-state index in [-0.39, 0.29) is 38.8 Å². The maximum absolute atomic E-state index is 13.8. The molecule has 3 N–H and O–H groups in total. The normalized spacial score (nSPS) is 12.1. The number of hydrogen-bond donors (Lipinski definition) is 3. The van der Waals surface area contributed by atoms with Gasteiger partial charge < -0.3 is 49.5 Å². The lowest BCUT2D eigenvalue weighted by Gasteiger charge is -2.28. The van der Waals surface area contributed by atoms with E-state index in [1.807, 2.05) is 49.9 Å². The standard InChI is InChI=1S/C42H48N4O11/c1-4-43-40(51)28-12-10-27(11-13-28)24-46-41(52)31-9-7-8-30-33(15-14-32(39(30)31)42(46)53)44-17-16-29-22-36(57-6-3)34(23-35(29)56-5-2)45(18-20-54-25-37(47)48)19-21-55-26-38(49)50/h7-15,22-23,44H,4-6,16-21,24-26H2,1-3H3,(H,43,51)(H,47,48)(H,49,50)/p-1. The van der Waals surface area contributed by atoms with Crippen LogP contribution in [0.2, 0.25) is 0 Å². The molecule has 0 fully saturated rings. The van der Waals surface area contributed by atoms with E-state index in [1.54, 1.807) is 42.5 Å². The van der Waals surface area contributed by atoms with E-state index < -0.39 is 37.0 Å². The molecule has 1 heterocycles. The second-order valence-corrected chi connectivity index (χ2v) is 13.0. The third-order valence-electron chi connectivity index (χ3n) is 9.13. The summed E-state index contributed by atoms with van der Waals surface area (Å²) in [7, 11) is 0. The summed E-state index contributed by atoms with van der Waals surface area (Å²) in [6.07, 6.45) is 0.500. The van der Waals surface area contributed by atoms with Gasteiger partial charge in [0.25, 0.3) is 17.7 Å². The molecule has 3 amide bonds. The Morgan fingerprint density at radius 2 is 1.49 bits per heavy atom. The molecule has 0 bridgehead atoms. The minimum atomic E-state index is -1.34. The Bertz CT molecular complexity index is 2040. The van der Waals surface area contributed by atoms with E-state index >= 15 is 0 Å². The van der Waals surface area contributed by atoms with Gasteiger partial charge in [-0.3, -0.25) is 19.3 Å². The van der Waals surface area contributed by atoms with E-state index in [4.69, 9.17) is 24.1 Å². The molecule has 4 aromatic rings. The number of amides is 3. The lowest BCUT2D eigenvalue weighted by Crippen LogP contribution is -2.39. The number of carbonyl (C=O) groups excluding carboxylic acids is 4. The summed E-state index contributed by atoms with van der Waals surface area (Å²) >= 11 is 0. The molecule has 0 spiro atoms. The zero-order valence-corrected chi connectivity index (χ0v) is 32.3. The lowest BCUT2D eigenvalue weighted by atomic mass is 9.92. The second-order valence-electron chi connectivity index (χ2n) is 13.0. The fourth-order valence-electron chi connectivity index (χ4n) is 6.59. The predicted molar refractivity (Wildman–Crippen MR) is 210 cm³/mol. The van der Waals surface area contributed by atoms with Gasteiger partial charge >= 0.3 is 5.97 Å². The van der Waals surface area contributed by atoms with Crippen molar-refractivity contribution in [3.63, 3.8) is 0 Å². The first-order valence-electron chi connectivity index (χ1n) is 18.8. The highest BCUT2D eigenvalue weighted by Crippen LogP contribution is 2.38. The summed E-state index contributed by atoms with van der Waals surface area (Å²) in [6.45, 7) is 6.89. The van der Waals surface area contributed by atoms with E-state index in [0.717, 1.165) is 16.6 Å². The quantitative estimate of drug-likeness (QED) is 0.0731. The summed E-state index contributed by atoms with van der Waals surface area (Å²) in [5.41, 5.74) is 4.27. The number of benzene rings is 4. The highest BCUT2D eigenvalue weighted by Gasteiger charge is 2.33. The molecule has 0 saturated carbocycles. The van der Waals surface area contributed by atoms with Gasteiger partial charge in [0.05, 0.1) is 51.2 Å². The number of imide groups is 1. The van der Waals surface area contributed by atoms with Gasteiger partial charge in [-0.15, -0.1) is 0 Å². The van der Waals surface area contributed by atoms with Crippen LogP contribution >= 0.6 is 0 Å². The van der Waals surface area contributed by atoms with Crippen molar-refractivity contribution in [2.24, 2.45) is 0 Å². The van der Waals surface area contributed by atoms with Gasteiger partial charge in [-0.05, 0) is 74.7 Å². The molecular weight excluding hydrogens is 736 g/mol. The molecule has 5 rings (SSSR count). The first-order valence-corrected chi connectivity index (χ1v) is 18.8. The fraction of sp³-hybridized carbons (Fsp3) is 0.357. The number of carboxylic acid groups (broad SMARTS) is 2. The van der Waals surface area contributed by atoms with E-state index in [2.05, 4.69) is 10.6 Å². The summed E-state index contributed by atoms with van der Waals surface area (Å²) in [6, 6.07) is 19.5. The Morgan fingerprint density at radius 3 is 2.14 bits per heavy atom. The molecule has 1 aliphatic heterocycles. The van der Waals surface area contributed by atoms with E-state index in [9.17, 15) is 29.1 Å². The van der Waals surface area contributed by atoms with Gasteiger partial charge in [0.2, 0.25) is 0 Å². The van der Waals surface area contributed by atoms with Crippen molar-refractivity contribution in [3.05, 3.63) is 94.5 Å². The van der Waals surface area contributed by atoms with E-state index in [0.29, 0.717) is 77.6 Å². The van der Waals surface area contributed by atoms with Crippen LogP contribution in [-0.2, 0) is 32.0 Å². The lowest BCUT2D eigenvalue weighted by molar-refractivity contribution is -0.309. The smallest absolute Gasteiger partial charge is 0.329 e.